The largest absolute Gasteiger partial charge is 0.389 e. The molecule has 8 heteroatoms. The SMILES string of the molecule is NC(=S)c1cc(S(=O)(=O)NCCOCC2CC2)ccc1F. The second-order valence-corrected chi connectivity index (χ2v) is 7.13. The molecule has 2 rings (SSSR count). The summed E-state index contributed by atoms with van der Waals surface area (Å²) in [4.78, 5) is -0.258. The van der Waals surface area contributed by atoms with Crippen LogP contribution in [0.1, 0.15) is 18.4 Å². The number of halogens is 1. The molecule has 1 fully saturated rings. The minimum absolute atomic E-state index is 0.0751. The number of thiocarbonyl (C=S) groups is 1. The van der Waals surface area contributed by atoms with Crippen molar-refractivity contribution in [2.45, 2.75) is 17.7 Å². The third-order valence-electron chi connectivity index (χ3n) is 3.10. The topological polar surface area (TPSA) is 81.4 Å². The lowest BCUT2D eigenvalue weighted by molar-refractivity contribution is 0.129. The summed E-state index contributed by atoms with van der Waals surface area (Å²) < 4.78 is 45.3. The van der Waals surface area contributed by atoms with E-state index in [0.29, 0.717) is 19.1 Å². The standard InChI is InChI=1S/C13H17FN2O3S2/c14-12-4-3-10(7-11(12)13(15)20)21(17,18)16-5-6-19-8-9-1-2-9/h3-4,7,9,16H,1-2,5-6,8H2,(H2,15,20). The molecule has 0 aromatic heterocycles. The fourth-order valence-corrected chi connectivity index (χ4v) is 2.92. The van der Waals surface area contributed by atoms with Gasteiger partial charge in [-0.25, -0.2) is 17.5 Å². The lowest BCUT2D eigenvalue weighted by atomic mass is 10.2. The first-order valence-electron chi connectivity index (χ1n) is 6.57. The summed E-state index contributed by atoms with van der Waals surface area (Å²) in [6.07, 6.45) is 2.37. The van der Waals surface area contributed by atoms with E-state index in [1.165, 1.54) is 18.9 Å². The first-order chi connectivity index (χ1) is 9.90. The zero-order chi connectivity index (χ0) is 15.5. The number of hydrogen-bond acceptors (Lipinski definition) is 4. The highest BCUT2D eigenvalue weighted by Gasteiger charge is 2.21. The number of nitrogens with one attached hydrogen (secondary N) is 1. The molecule has 5 nitrogen and oxygen atoms in total. The third-order valence-corrected chi connectivity index (χ3v) is 4.78. The molecule has 0 unspecified atom stereocenters. The molecule has 1 aromatic carbocycles. The molecule has 3 N–H and O–H groups in total. The van der Waals surface area contributed by atoms with Gasteiger partial charge in [-0.2, -0.15) is 0 Å². The van der Waals surface area contributed by atoms with Crippen molar-refractivity contribution in [1.29, 1.82) is 0 Å². The lowest BCUT2D eigenvalue weighted by Crippen LogP contribution is -2.28. The normalized spacial score (nSPS) is 15.1. The Morgan fingerprint density at radius 3 is 2.81 bits per heavy atom. The number of rotatable bonds is 8. The van der Waals surface area contributed by atoms with Crippen LogP contribution in [-0.4, -0.2) is 33.2 Å². The van der Waals surface area contributed by atoms with Crippen molar-refractivity contribution in [3.8, 4) is 0 Å². The van der Waals surface area contributed by atoms with Gasteiger partial charge < -0.3 is 10.5 Å². The summed E-state index contributed by atoms with van der Waals surface area (Å²) in [6, 6.07) is 3.34. The zero-order valence-electron chi connectivity index (χ0n) is 11.3. The number of sulfonamides is 1. The predicted molar refractivity (Wildman–Crippen MR) is 81.0 cm³/mol. The monoisotopic (exact) mass is 332 g/mol. The van der Waals surface area contributed by atoms with Gasteiger partial charge in [-0.3, -0.25) is 0 Å². The predicted octanol–water partition coefficient (Wildman–Crippen LogP) is 1.16. The molecule has 0 aliphatic heterocycles. The van der Waals surface area contributed by atoms with Gasteiger partial charge in [-0.15, -0.1) is 0 Å². The van der Waals surface area contributed by atoms with Gasteiger partial charge in [0.25, 0.3) is 0 Å². The van der Waals surface area contributed by atoms with E-state index in [4.69, 9.17) is 10.5 Å². The third kappa shape index (κ3) is 4.70. The van der Waals surface area contributed by atoms with Crippen molar-refractivity contribution in [2.24, 2.45) is 11.7 Å². The van der Waals surface area contributed by atoms with E-state index < -0.39 is 15.8 Å². The highest BCUT2D eigenvalue weighted by atomic mass is 32.2. The summed E-state index contributed by atoms with van der Waals surface area (Å²) in [5.74, 6) is -0.0129. The molecule has 0 heterocycles. The van der Waals surface area contributed by atoms with Gasteiger partial charge in [0.2, 0.25) is 10.0 Å². The molecular weight excluding hydrogens is 315 g/mol. The van der Waals surface area contributed by atoms with Crippen molar-refractivity contribution >= 4 is 27.2 Å². The summed E-state index contributed by atoms with van der Waals surface area (Å²) in [7, 11) is -3.73. The maximum absolute atomic E-state index is 13.4. The van der Waals surface area contributed by atoms with Crippen molar-refractivity contribution in [1.82, 2.24) is 4.72 Å². The van der Waals surface area contributed by atoms with Gasteiger partial charge in [-0.1, -0.05) is 12.2 Å². The van der Waals surface area contributed by atoms with Crippen LogP contribution >= 0.6 is 12.2 Å². The lowest BCUT2D eigenvalue weighted by Gasteiger charge is -2.09. The quantitative estimate of drug-likeness (QED) is 0.552. The van der Waals surface area contributed by atoms with Crippen LogP contribution in [0.15, 0.2) is 23.1 Å². The van der Waals surface area contributed by atoms with Crippen molar-refractivity contribution in [3.63, 3.8) is 0 Å². The molecule has 0 radical (unpaired) electrons. The Morgan fingerprint density at radius 1 is 1.48 bits per heavy atom. The molecule has 0 spiro atoms. The molecule has 116 valence electrons. The Balaban J connectivity index is 1.94. The Kier molecular flexibility index (Phi) is 5.26. The van der Waals surface area contributed by atoms with Crippen LogP contribution in [0.4, 0.5) is 4.39 Å². The number of hydrogen-bond donors (Lipinski definition) is 2. The van der Waals surface area contributed by atoms with E-state index in [2.05, 4.69) is 16.9 Å². The average Bonchev–Trinajstić information content (AvgIpc) is 3.22. The van der Waals surface area contributed by atoms with Crippen LogP contribution < -0.4 is 10.5 Å². The van der Waals surface area contributed by atoms with Gasteiger partial charge in [-0.05, 0) is 37.0 Å². The molecule has 0 saturated heterocycles. The molecule has 21 heavy (non-hydrogen) atoms. The Bertz CT molecular complexity index is 630. The van der Waals surface area contributed by atoms with Crippen LogP contribution in [0.5, 0.6) is 0 Å². The second-order valence-electron chi connectivity index (χ2n) is 4.92. The van der Waals surface area contributed by atoms with Crippen molar-refractivity contribution in [2.75, 3.05) is 19.8 Å². The van der Waals surface area contributed by atoms with E-state index >= 15 is 0 Å². The molecule has 1 aromatic rings. The van der Waals surface area contributed by atoms with Crippen LogP contribution in [0.3, 0.4) is 0 Å². The molecule has 1 aliphatic carbocycles. The zero-order valence-corrected chi connectivity index (χ0v) is 13.0. The minimum Gasteiger partial charge on any atom is -0.389 e. The average molecular weight is 332 g/mol. The van der Waals surface area contributed by atoms with Crippen LogP contribution in [-0.2, 0) is 14.8 Å². The van der Waals surface area contributed by atoms with E-state index in [9.17, 15) is 12.8 Å². The minimum atomic E-state index is -3.73. The smallest absolute Gasteiger partial charge is 0.240 e. The molecule has 1 saturated carbocycles. The molecule has 0 bridgehead atoms. The van der Waals surface area contributed by atoms with Gasteiger partial charge in [0, 0.05) is 18.7 Å². The second kappa shape index (κ2) is 6.78. The number of ether oxygens (including phenoxy) is 1. The molecule has 0 atom stereocenters. The van der Waals surface area contributed by atoms with Crippen LogP contribution in [0.2, 0.25) is 0 Å². The van der Waals surface area contributed by atoms with Gasteiger partial charge in [0.1, 0.15) is 10.8 Å². The Morgan fingerprint density at radius 2 is 2.19 bits per heavy atom. The molecule has 0 amide bonds. The molecular formula is C13H17FN2O3S2. The number of nitrogens with two attached hydrogens (primary N) is 1. The van der Waals surface area contributed by atoms with Crippen LogP contribution in [0.25, 0.3) is 0 Å². The summed E-state index contributed by atoms with van der Waals surface area (Å²) >= 11 is 4.69. The Hall–Kier alpha value is -1.09. The Labute approximate surface area is 128 Å². The van der Waals surface area contributed by atoms with Crippen molar-refractivity contribution < 1.29 is 17.5 Å². The maximum atomic E-state index is 13.4. The first kappa shape index (κ1) is 16.3. The van der Waals surface area contributed by atoms with Gasteiger partial charge in [0.15, 0.2) is 0 Å². The van der Waals surface area contributed by atoms with Crippen molar-refractivity contribution in [3.05, 3.63) is 29.6 Å². The van der Waals surface area contributed by atoms with Crippen LogP contribution in [0, 0.1) is 11.7 Å². The van der Waals surface area contributed by atoms with E-state index in [-0.39, 0.29) is 22.0 Å². The number of benzene rings is 1. The van der Waals surface area contributed by atoms with E-state index in [1.54, 1.807) is 0 Å². The highest BCUT2D eigenvalue weighted by Crippen LogP contribution is 2.28. The van der Waals surface area contributed by atoms with E-state index in [1.807, 2.05) is 0 Å². The summed E-state index contributed by atoms with van der Waals surface area (Å²) in [5, 5.41) is 0. The maximum Gasteiger partial charge on any atom is 0.240 e. The fourth-order valence-electron chi connectivity index (χ4n) is 1.73. The van der Waals surface area contributed by atoms with E-state index in [0.717, 1.165) is 12.1 Å². The summed E-state index contributed by atoms with van der Waals surface area (Å²) in [6.45, 7) is 1.14. The summed E-state index contributed by atoms with van der Waals surface area (Å²) in [5.41, 5.74) is 5.27. The van der Waals surface area contributed by atoms with Gasteiger partial charge in [0.05, 0.1) is 11.5 Å². The van der Waals surface area contributed by atoms with Gasteiger partial charge >= 0.3 is 0 Å². The fraction of sp³-hybridized carbons (Fsp3) is 0.462. The highest BCUT2D eigenvalue weighted by molar-refractivity contribution is 7.89. The first-order valence-corrected chi connectivity index (χ1v) is 8.46. The molecule has 1 aliphatic rings.